The van der Waals surface area contributed by atoms with Crippen molar-refractivity contribution in [2.75, 3.05) is 11.9 Å². The lowest BCUT2D eigenvalue weighted by molar-refractivity contribution is 0.538. The second kappa shape index (κ2) is 3.67. The molecule has 1 aromatic heterocycles. The van der Waals surface area contributed by atoms with Crippen molar-refractivity contribution in [3.05, 3.63) is 24.0 Å². The number of hydrogen-bond acceptors (Lipinski definition) is 3. The molecule has 74 valence electrons. The highest BCUT2D eigenvalue weighted by Crippen LogP contribution is 2.20. The van der Waals surface area contributed by atoms with E-state index < -0.39 is 0 Å². The van der Waals surface area contributed by atoms with Gasteiger partial charge in [0.15, 0.2) is 0 Å². The molecule has 0 aromatic carbocycles. The predicted molar refractivity (Wildman–Crippen MR) is 57.1 cm³/mol. The van der Waals surface area contributed by atoms with Crippen LogP contribution in [-0.4, -0.2) is 17.6 Å². The minimum Gasteiger partial charge on any atom is -0.369 e. The highest BCUT2D eigenvalue weighted by atomic mass is 15.2. The molecule has 0 aliphatic carbocycles. The Hall–Kier alpha value is -1.56. The first-order valence-corrected chi connectivity index (χ1v) is 4.55. The van der Waals surface area contributed by atoms with Crippen molar-refractivity contribution in [2.24, 2.45) is 0 Å². The summed E-state index contributed by atoms with van der Waals surface area (Å²) in [6.07, 6.45) is 1.73. The van der Waals surface area contributed by atoms with E-state index in [1.165, 1.54) is 0 Å². The zero-order chi connectivity index (χ0) is 10.8. The first-order valence-electron chi connectivity index (χ1n) is 4.55. The van der Waals surface area contributed by atoms with Crippen molar-refractivity contribution < 1.29 is 0 Å². The van der Waals surface area contributed by atoms with Crippen molar-refractivity contribution in [1.82, 2.24) is 4.98 Å². The average Bonchev–Trinajstić information content (AvgIpc) is 2.15. The van der Waals surface area contributed by atoms with Crippen LogP contribution in [0.5, 0.6) is 0 Å². The summed E-state index contributed by atoms with van der Waals surface area (Å²) in [4.78, 5) is 6.16. The van der Waals surface area contributed by atoms with E-state index in [1.54, 1.807) is 12.3 Å². The van der Waals surface area contributed by atoms with Gasteiger partial charge in [0, 0.05) is 12.6 Å². The zero-order valence-electron chi connectivity index (χ0n) is 9.07. The largest absolute Gasteiger partial charge is 0.369 e. The molecule has 0 N–H and O–H groups in total. The number of anilines is 1. The molecule has 0 fully saturated rings. The summed E-state index contributed by atoms with van der Waals surface area (Å²) in [5.74, 6) is 0. The van der Waals surface area contributed by atoms with Gasteiger partial charge in [-0.15, -0.1) is 0 Å². The van der Waals surface area contributed by atoms with Crippen molar-refractivity contribution in [1.29, 1.82) is 5.26 Å². The quantitative estimate of drug-likeness (QED) is 0.679. The Morgan fingerprint density at radius 2 is 2.00 bits per heavy atom. The van der Waals surface area contributed by atoms with Crippen molar-refractivity contribution in [3.63, 3.8) is 0 Å². The van der Waals surface area contributed by atoms with Crippen LogP contribution in [0.15, 0.2) is 18.3 Å². The number of rotatable bonds is 1. The van der Waals surface area contributed by atoms with Gasteiger partial charge in [-0.25, -0.2) is 4.98 Å². The Kier molecular flexibility index (Phi) is 2.76. The Bertz CT molecular complexity index is 340. The molecule has 0 amide bonds. The predicted octanol–water partition coefficient (Wildman–Crippen LogP) is 2.19. The smallest absolute Gasteiger partial charge is 0.140 e. The molecule has 0 spiro atoms. The normalized spacial score (nSPS) is 10.8. The van der Waals surface area contributed by atoms with E-state index in [0.717, 1.165) is 5.69 Å². The molecule has 0 saturated carbocycles. The van der Waals surface area contributed by atoms with Crippen molar-refractivity contribution in [3.8, 4) is 6.07 Å². The SMILES string of the molecule is CN(c1ccc(C#N)nc1)C(C)(C)C. The Morgan fingerprint density at radius 3 is 2.36 bits per heavy atom. The van der Waals surface area contributed by atoms with Crippen LogP contribution in [0.4, 0.5) is 5.69 Å². The van der Waals surface area contributed by atoms with E-state index in [4.69, 9.17) is 5.26 Å². The van der Waals surface area contributed by atoms with Gasteiger partial charge in [0.2, 0.25) is 0 Å². The molecule has 0 aliphatic heterocycles. The Morgan fingerprint density at radius 1 is 1.36 bits per heavy atom. The van der Waals surface area contributed by atoms with E-state index in [1.807, 2.05) is 19.2 Å². The van der Waals surface area contributed by atoms with Gasteiger partial charge < -0.3 is 4.90 Å². The molecule has 0 atom stereocenters. The van der Waals surface area contributed by atoms with E-state index in [2.05, 4.69) is 30.7 Å². The fraction of sp³-hybridized carbons (Fsp3) is 0.455. The third-order valence-electron chi connectivity index (χ3n) is 2.26. The maximum Gasteiger partial charge on any atom is 0.140 e. The maximum absolute atomic E-state index is 8.60. The number of aromatic nitrogens is 1. The summed E-state index contributed by atoms with van der Waals surface area (Å²) in [6, 6.07) is 5.65. The molecule has 1 aromatic rings. The first-order chi connectivity index (χ1) is 6.45. The molecule has 0 bridgehead atoms. The van der Waals surface area contributed by atoms with Crippen LogP contribution >= 0.6 is 0 Å². The molecule has 0 radical (unpaired) electrons. The third kappa shape index (κ3) is 2.23. The fourth-order valence-corrected chi connectivity index (χ4v) is 1.04. The van der Waals surface area contributed by atoms with Gasteiger partial charge in [0.05, 0.1) is 11.9 Å². The monoisotopic (exact) mass is 189 g/mol. The van der Waals surface area contributed by atoms with E-state index >= 15 is 0 Å². The summed E-state index contributed by atoms with van der Waals surface area (Å²) in [6.45, 7) is 6.39. The van der Waals surface area contributed by atoms with Gasteiger partial charge in [0.25, 0.3) is 0 Å². The van der Waals surface area contributed by atoms with Gasteiger partial charge in [0.1, 0.15) is 11.8 Å². The average molecular weight is 189 g/mol. The molecule has 3 heteroatoms. The third-order valence-corrected chi connectivity index (χ3v) is 2.26. The number of pyridine rings is 1. The highest BCUT2D eigenvalue weighted by molar-refractivity contribution is 5.47. The lowest BCUT2D eigenvalue weighted by Gasteiger charge is -2.33. The van der Waals surface area contributed by atoms with E-state index in [-0.39, 0.29) is 5.54 Å². The van der Waals surface area contributed by atoms with Crippen LogP contribution < -0.4 is 4.90 Å². The second-order valence-corrected chi connectivity index (χ2v) is 4.24. The van der Waals surface area contributed by atoms with Crippen LogP contribution in [0, 0.1) is 11.3 Å². The lowest BCUT2D eigenvalue weighted by atomic mass is 10.1. The van der Waals surface area contributed by atoms with Gasteiger partial charge in [-0.2, -0.15) is 5.26 Å². The summed E-state index contributed by atoms with van der Waals surface area (Å²) in [5, 5.41) is 8.60. The molecule has 1 heterocycles. The number of nitriles is 1. The summed E-state index contributed by atoms with van der Waals surface area (Å²) in [7, 11) is 2.02. The summed E-state index contributed by atoms with van der Waals surface area (Å²) >= 11 is 0. The molecule has 0 aliphatic rings. The molecule has 3 nitrogen and oxygen atoms in total. The number of hydrogen-bond donors (Lipinski definition) is 0. The van der Waals surface area contributed by atoms with Crippen LogP contribution in [0.1, 0.15) is 26.5 Å². The highest BCUT2D eigenvalue weighted by Gasteiger charge is 2.17. The standard InChI is InChI=1S/C11H15N3/c1-11(2,3)14(4)10-6-5-9(7-12)13-8-10/h5-6,8H,1-4H3. The lowest BCUT2D eigenvalue weighted by Crippen LogP contribution is -2.38. The van der Waals surface area contributed by atoms with E-state index in [9.17, 15) is 0 Å². The zero-order valence-corrected chi connectivity index (χ0v) is 9.07. The van der Waals surface area contributed by atoms with Gasteiger partial charge in [-0.3, -0.25) is 0 Å². The summed E-state index contributed by atoms with van der Waals surface area (Å²) < 4.78 is 0. The minimum atomic E-state index is 0.0653. The van der Waals surface area contributed by atoms with Gasteiger partial charge >= 0.3 is 0 Å². The van der Waals surface area contributed by atoms with Gasteiger partial charge in [-0.1, -0.05) is 0 Å². The number of nitrogens with zero attached hydrogens (tertiary/aromatic N) is 3. The molecular formula is C11H15N3. The molecule has 14 heavy (non-hydrogen) atoms. The minimum absolute atomic E-state index is 0.0653. The first kappa shape index (κ1) is 10.5. The van der Waals surface area contributed by atoms with E-state index in [0.29, 0.717) is 5.69 Å². The molecular weight excluding hydrogens is 174 g/mol. The Labute approximate surface area is 85.0 Å². The topological polar surface area (TPSA) is 39.9 Å². The van der Waals surface area contributed by atoms with Crippen LogP contribution in [0.25, 0.3) is 0 Å². The second-order valence-electron chi connectivity index (χ2n) is 4.24. The van der Waals surface area contributed by atoms with Crippen LogP contribution in [0.3, 0.4) is 0 Å². The molecule has 0 saturated heterocycles. The van der Waals surface area contributed by atoms with Gasteiger partial charge in [-0.05, 0) is 32.9 Å². The van der Waals surface area contributed by atoms with Crippen molar-refractivity contribution in [2.45, 2.75) is 26.3 Å². The summed E-state index contributed by atoms with van der Waals surface area (Å²) in [5.41, 5.74) is 1.54. The van der Waals surface area contributed by atoms with Crippen LogP contribution in [0.2, 0.25) is 0 Å². The van der Waals surface area contributed by atoms with Crippen LogP contribution in [-0.2, 0) is 0 Å². The Balaban J connectivity index is 2.94. The molecule has 0 unspecified atom stereocenters. The molecule has 1 rings (SSSR count). The van der Waals surface area contributed by atoms with Crippen molar-refractivity contribution >= 4 is 5.69 Å². The fourth-order valence-electron chi connectivity index (χ4n) is 1.04. The maximum atomic E-state index is 8.60.